The molecule has 8 nitrogen and oxygen atoms in total. The fraction of sp³-hybridized carbons (Fsp3) is 0.158. The first kappa shape index (κ1) is 20.8. The van der Waals surface area contributed by atoms with Crippen LogP contribution < -0.4 is 15.0 Å². The van der Waals surface area contributed by atoms with Gasteiger partial charge in [0.1, 0.15) is 5.75 Å². The molecule has 29 heavy (non-hydrogen) atoms. The third-order valence-electron chi connectivity index (χ3n) is 3.95. The maximum atomic E-state index is 12.6. The molecule has 0 aliphatic heterocycles. The molecule has 2 aromatic carbocycles. The van der Waals surface area contributed by atoms with Gasteiger partial charge in [-0.05, 0) is 30.3 Å². The van der Waals surface area contributed by atoms with E-state index in [-0.39, 0.29) is 4.90 Å². The predicted molar refractivity (Wildman–Crippen MR) is 113 cm³/mol. The van der Waals surface area contributed by atoms with Crippen molar-refractivity contribution in [3.8, 4) is 10.8 Å². The van der Waals surface area contributed by atoms with E-state index < -0.39 is 16.1 Å². The minimum absolute atomic E-state index is 0.104. The molecule has 0 aliphatic carbocycles. The summed E-state index contributed by atoms with van der Waals surface area (Å²) in [5.41, 5.74) is 0.433. The lowest BCUT2D eigenvalue weighted by atomic mass is 10.3. The SMILES string of the molecule is CN(C(=O)Nc1ncc(Oc2ccccc2)s1)c1cccc(S(=O)(=O)N(C)C)c1. The number of hydrogen-bond donors (Lipinski definition) is 1. The third-order valence-corrected chi connectivity index (χ3v) is 6.55. The Labute approximate surface area is 173 Å². The van der Waals surface area contributed by atoms with Crippen LogP contribution in [0.3, 0.4) is 0 Å². The number of anilines is 2. The van der Waals surface area contributed by atoms with E-state index in [9.17, 15) is 13.2 Å². The molecule has 0 spiro atoms. The van der Waals surface area contributed by atoms with Gasteiger partial charge in [-0.25, -0.2) is 22.5 Å². The first-order valence-corrected chi connectivity index (χ1v) is 10.8. The lowest BCUT2D eigenvalue weighted by molar-refractivity contribution is 0.258. The molecule has 0 fully saturated rings. The second kappa shape index (κ2) is 8.60. The first-order valence-electron chi connectivity index (χ1n) is 8.53. The van der Waals surface area contributed by atoms with E-state index >= 15 is 0 Å². The standard InChI is InChI=1S/C19H20N4O4S2/c1-22(2)29(25,26)16-11-7-8-14(12-16)23(3)19(24)21-18-20-13-17(28-18)27-15-9-5-4-6-10-15/h4-13H,1-3H3,(H,20,21,24). The van der Waals surface area contributed by atoms with Crippen LogP contribution in [0.4, 0.5) is 15.6 Å². The Bertz CT molecular complexity index is 1100. The van der Waals surface area contributed by atoms with Crippen LogP contribution in [-0.4, -0.2) is 44.9 Å². The second-order valence-corrected chi connectivity index (χ2v) is 9.32. The number of benzene rings is 2. The Hall–Kier alpha value is -2.95. The summed E-state index contributed by atoms with van der Waals surface area (Å²) in [5.74, 6) is 0.671. The van der Waals surface area contributed by atoms with E-state index in [2.05, 4.69) is 10.3 Å². The Kier molecular flexibility index (Phi) is 6.16. The Morgan fingerprint density at radius 1 is 1.07 bits per heavy atom. The maximum absolute atomic E-state index is 12.6. The average Bonchev–Trinajstić information content (AvgIpc) is 3.14. The van der Waals surface area contributed by atoms with Crippen LogP contribution in [0.15, 0.2) is 65.7 Å². The van der Waals surface area contributed by atoms with E-state index in [4.69, 9.17) is 4.74 Å². The van der Waals surface area contributed by atoms with E-state index in [1.165, 1.54) is 48.7 Å². The van der Waals surface area contributed by atoms with E-state index in [0.29, 0.717) is 21.6 Å². The summed E-state index contributed by atoms with van der Waals surface area (Å²) in [6.07, 6.45) is 1.53. The highest BCUT2D eigenvalue weighted by Gasteiger charge is 2.20. The van der Waals surface area contributed by atoms with Gasteiger partial charge in [-0.1, -0.05) is 35.6 Å². The molecule has 0 saturated carbocycles. The monoisotopic (exact) mass is 432 g/mol. The van der Waals surface area contributed by atoms with Gasteiger partial charge >= 0.3 is 6.03 Å². The van der Waals surface area contributed by atoms with Crippen molar-refractivity contribution < 1.29 is 17.9 Å². The van der Waals surface area contributed by atoms with Gasteiger partial charge in [0.2, 0.25) is 15.1 Å². The molecule has 3 aromatic rings. The quantitative estimate of drug-likeness (QED) is 0.639. The van der Waals surface area contributed by atoms with Gasteiger partial charge in [0.05, 0.1) is 11.1 Å². The number of aromatic nitrogens is 1. The van der Waals surface area contributed by atoms with Crippen LogP contribution in [-0.2, 0) is 10.0 Å². The summed E-state index contributed by atoms with van der Waals surface area (Å²) < 4.78 is 31.4. The molecule has 10 heteroatoms. The molecule has 0 aliphatic rings. The van der Waals surface area contributed by atoms with Gasteiger partial charge in [0.15, 0.2) is 5.13 Å². The first-order chi connectivity index (χ1) is 13.8. The molecule has 0 bridgehead atoms. The van der Waals surface area contributed by atoms with Crippen molar-refractivity contribution in [2.45, 2.75) is 4.90 Å². The Morgan fingerprint density at radius 3 is 2.48 bits per heavy atom. The second-order valence-electron chi connectivity index (χ2n) is 6.17. The number of carbonyl (C=O) groups excluding carboxylic acids is 1. The topological polar surface area (TPSA) is 91.8 Å². The van der Waals surface area contributed by atoms with E-state index in [1.54, 1.807) is 19.2 Å². The largest absolute Gasteiger partial charge is 0.445 e. The lowest BCUT2D eigenvalue weighted by Gasteiger charge is -2.19. The molecule has 2 amide bonds. The van der Waals surface area contributed by atoms with Crippen LogP contribution in [0.2, 0.25) is 0 Å². The van der Waals surface area contributed by atoms with Crippen molar-refractivity contribution in [1.82, 2.24) is 9.29 Å². The molecule has 3 rings (SSSR count). The van der Waals surface area contributed by atoms with Gasteiger partial charge < -0.3 is 4.74 Å². The van der Waals surface area contributed by atoms with Crippen molar-refractivity contribution in [1.29, 1.82) is 0 Å². The predicted octanol–water partition coefficient (Wildman–Crippen LogP) is 3.85. The lowest BCUT2D eigenvalue weighted by Crippen LogP contribution is -2.31. The molecule has 0 unspecified atom stereocenters. The number of nitrogens with zero attached hydrogens (tertiary/aromatic N) is 3. The smallest absolute Gasteiger partial charge is 0.327 e. The van der Waals surface area contributed by atoms with E-state index in [1.807, 2.05) is 30.3 Å². The van der Waals surface area contributed by atoms with Gasteiger partial charge in [-0.3, -0.25) is 10.2 Å². The fourth-order valence-electron chi connectivity index (χ4n) is 2.32. The number of ether oxygens (including phenoxy) is 1. The summed E-state index contributed by atoms with van der Waals surface area (Å²) in [6, 6.07) is 15.0. The van der Waals surface area contributed by atoms with Crippen molar-refractivity contribution in [2.24, 2.45) is 0 Å². The van der Waals surface area contributed by atoms with Crippen LogP contribution in [0.1, 0.15) is 0 Å². The zero-order chi connectivity index (χ0) is 21.0. The summed E-state index contributed by atoms with van der Waals surface area (Å²) in [6.45, 7) is 0. The Balaban J connectivity index is 1.70. The minimum atomic E-state index is -3.60. The molecule has 0 saturated heterocycles. The zero-order valence-corrected chi connectivity index (χ0v) is 17.7. The summed E-state index contributed by atoms with van der Waals surface area (Å²) >= 11 is 1.19. The number of thiazole rings is 1. The normalized spacial score (nSPS) is 11.3. The Morgan fingerprint density at radius 2 is 1.79 bits per heavy atom. The van der Waals surface area contributed by atoms with Crippen molar-refractivity contribution in [2.75, 3.05) is 31.4 Å². The molecular weight excluding hydrogens is 412 g/mol. The highest BCUT2D eigenvalue weighted by molar-refractivity contribution is 7.89. The summed E-state index contributed by atoms with van der Waals surface area (Å²) in [7, 11) is 0.860. The average molecular weight is 433 g/mol. The van der Waals surface area contributed by atoms with Gasteiger partial charge in [0.25, 0.3) is 0 Å². The fourth-order valence-corrected chi connectivity index (χ4v) is 3.94. The number of hydrogen-bond acceptors (Lipinski definition) is 6. The van der Waals surface area contributed by atoms with Crippen LogP contribution in [0.5, 0.6) is 10.8 Å². The number of amides is 2. The number of rotatable bonds is 6. The summed E-state index contributed by atoms with van der Waals surface area (Å²) in [4.78, 5) is 18.1. The number of para-hydroxylation sites is 1. The number of urea groups is 1. The molecular formula is C19H20N4O4S2. The molecule has 152 valence electrons. The number of carbonyl (C=O) groups is 1. The molecule has 1 N–H and O–H groups in total. The maximum Gasteiger partial charge on any atom is 0.327 e. The highest BCUT2D eigenvalue weighted by atomic mass is 32.2. The molecule has 1 aromatic heterocycles. The highest BCUT2D eigenvalue weighted by Crippen LogP contribution is 2.30. The number of nitrogens with one attached hydrogen (secondary N) is 1. The molecule has 0 radical (unpaired) electrons. The summed E-state index contributed by atoms with van der Waals surface area (Å²) in [5, 5.41) is 3.58. The van der Waals surface area contributed by atoms with Crippen molar-refractivity contribution >= 4 is 38.2 Å². The van der Waals surface area contributed by atoms with E-state index in [0.717, 1.165) is 4.31 Å². The van der Waals surface area contributed by atoms with Gasteiger partial charge in [-0.2, -0.15) is 0 Å². The van der Waals surface area contributed by atoms with Gasteiger partial charge in [-0.15, -0.1) is 0 Å². The van der Waals surface area contributed by atoms with Crippen molar-refractivity contribution in [3.05, 3.63) is 60.8 Å². The number of sulfonamides is 1. The van der Waals surface area contributed by atoms with Crippen LogP contribution in [0.25, 0.3) is 0 Å². The zero-order valence-electron chi connectivity index (χ0n) is 16.1. The minimum Gasteiger partial charge on any atom is -0.445 e. The molecule has 1 heterocycles. The van der Waals surface area contributed by atoms with Crippen LogP contribution in [0, 0.1) is 0 Å². The van der Waals surface area contributed by atoms with Gasteiger partial charge in [0, 0.05) is 26.8 Å². The van der Waals surface area contributed by atoms with Crippen LogP contribution >= 0.6 is 11.3 Å². The third kappa shape index (κ3) is 4.91. The van der Waals surface area contributed by atoms with Crippen molar-refractivity contribution in [3.63, 3.8) is 0 Å². The molecule has 0 atom stereocenters.